The number of carbonyl (C=O) groups excluding carboxylic acids is 3. The van der Waals surface area contributed by atoms with Gasteiger partial charge in [0, 0.05) is 29.9 Å². The van der Waals surface area contributed by atoms with Crippen molar-refractivity contribution in [2.75, 3.05) is 31.2 Å². The van der Waals surface area contributed by atoms with Crippen molar-refractivity contribution in [1.82, 2.24) is 15.8 Å². The highest BCUT2D eigenvalue weighted by atomic mass is 19.3. The molecule has 2 N–H and O–H groups in total. The third-order valence-corrected chi connectivity index (χ3v) is 4.77. The van der Waals surface area contributed by atoms with Gasteiger partial charge in [-0.05, 0) is 30.3 Å². The van der Waals surface area contributed by atoms with Gasteiger partial charge in [-0.2, -0.15) is 8.78 Å². The highest BCUT2D eigenvalue weighted by molar-refractivity contribution is 5.96. The molecular formula is C21H20F4N4O4. The van der Waals surface area contributed by atoms with E-state index in [9.17, 15) is 31.9 Å². The predicted molar refractivity (Wildman–Crippen MR) is 108 cm³/mol. The molecule has 176 valence electrons. The summed E-state index contributed by atoms with van der Waals surface area (Å²) in [6.45, 7) is 1.04. The van der Waals surface area contributed by atoms with Gasteiger partial charge in [0.15, 0.2) is 0 Å². The minimum Gasteiger partial charge on any atom is -0.378 e. The van der Waals surface area contributed by atoms with E-state index in [1.54, 1.807) is 5.43 Å². The number of anilines is 1. The first kappa shape index (κ1) is 24.0. The highest BCUT2D eigenvalue weighted by Crippen LogP contribution is 2.22. The summed E-state index contributed by atoms with van der Waals surface area (Å²) in [5.41, 5.74) is 3.25. The number of hydrazine groups is 1. The number of hydrogen-bond acceptors (Lipinski definition) is 4. The molecule has 0 spiro atoms. The number of rotatable bonds is 5. The molecule has 0 aromatic heterocycles. The summed E-state index contributed by atoms with van der Waals surface area (Å²) < 4.78 is 58.2. The Bertz CT molecular complexity index is 1030. The van der Waals surface area contributed by atoms with E-state index in [0.29, 0.717) is 26.3 Å². The zero-order valence-corrected chi connectivity index (χ0v) is 17.2. The largest absolute Gasteiger partial charge is 0.378 e. The maximum absolute atomic E-state index is 14.8. The zero-order chi connectivity index (χ0) is 24.0. The molecule has 3 rings (SSSR count). The minimum atomic E-state index is -3.33. The lowest BCUT2D eigenvalue weighted by Crippen LogP contribution is -2.48. The summed E-state index contributed by atoms with van der Waals surface area (Å²) in [6, 6.07) is 8.07. The summed E-state index contributed by atoms with van der Waals surface area (Å²) in [6.07, 6.45) is -3.33. The van der Waals surface area contributed by atoms with Crippen LogP contribution in [0.1, 0.15) is 15.9 Å². The number of hydrogen-bond donors (Lipinski definition) is 2. The van der Waals surface area contributed by atoms with E-state index < -0.39 is 35.9 Å². The Balaban J connectivity index is 1.80. The average molecular weight is 468 g/mol. The van der Waals surface area contributed by atoms with Gasteiger partial charge in [-0.25, -0.2) is 13.6 Å². The first-order chi connectivity index (χ1) is 15.8. The van der Waals surface area contributed by atoms with Crippen LogP contribution in [0.25, 0.3) is 0 Å². The normalized spacial score (nSPS) is 13.5. The number of halogens is 4. The molecule has 1 aliphatic heterocycles. The van der Waals surface area contributed by atoms with Gasteiger partial charge in [-0.15, -0.1) is 0 Å². The Morgan fingerprint density at radius 2 is 1.76 bits per heavy atom. The van der Waals surface area contributed by atoms with Gasteiger partial charge in [0.1, 0.15) is 11.6 Å². The minimum absolute atomic E-state index is 0.0223. The van der Waals surface area contributed by atoms with E-state index in [4.69, 9.17) is 4.74 Å². The predicted octanol–water partition coefficient (Wildman–Crippen LogP) is 2.45. The van der Waals surface area contributed by atoms with Gasteiger partial charge in [0.05, 0.1) is 19.8 Å². The Morgan fingerprint density at radius 1 is 1.03 bits per heavy atom. The molecule has 0 atom stereocenters. The molecule has 0 unspecified atom stereocenters. The molecule has 4 amide bonds. The fourth-order valence-electron chi connectivity index (χ4n) is 3.07. The molecular weight excluding hydrogens is 448 g/mol. The molecule has 2 aromatic rings. The van der Waals surface area contributed by atoms with Gasteiger partial charge in [0.2, 0.25) is 0 Å². The van der Waals surface area contributed by atoms with Gasteiger partial charge in [0.25, 0.3) is 5.91 Å². The summed E-state index contributed by atoms with van der Waals surface area (Å²) in [7, 11) is 0. The summed E-state index contributed by atoms with van der Waals surface area (Å²) in [5.74, 6) is -4.17. The highest BCUT2D eigenvalue weighted by Gasteiger charge is 2.26. The molecule has 2 aromatic carbocycles. The topological polar surface area (TPSA) is 91.0 Å². The molecule has 0 saturated carbocycles. The molecule has 33 heavy (non-hydrogen) atoms. The van der Waals surface area contributed by atoms with E-state index in [1.807, 2.05) is 0 Å². The summed E-state index contributed by atoms with van der Waals surface area (Å²) >= 11 is 0. The first-order valence-electron chi connectivity index (χ1n) is 9.83. The van der Waals surface area contributed by atoms with E-state index in [0.717, 1.165) is 12.1 Å². The lowest BCUT2D eigenvalue weighted by atomic mass is 10.1. The van der Waals surface area contributed by atoms with Crippen LogP contribution < -0.4 is 15.8 Å². The SMILES string of the molecule is O=C(NNC(=O)C(F)F)c1ccc(CN(C(=O)N2CCOCC2)c2cccc(F)c2)c(F)c1. The quantitative estimate of drug-likeness (QED) is 0.521. The van der Waals surface area contributed by atoms with Crippen LogP contribution in [0.15, 0.2) is 42.5 Å². The second-order valence-corrected chi connectivity index (χ2v) is 7.00. The van der Waals surface area contributed by atoms with E-state index >= 15 is 0 Å². The van der Waals surface area contributed by atoms with Crippen LogP contribution in [0.2, 0.25) is 0 Å². The molecule has 0 radical (unpaired) electrons. The number of carbonyl (C=O) groups is 3. The fraction of sp³-hybridized carbons (Fsp3) is 0.286. The maximum atomic E-state index is 14.8. The van der Waals surface area contributed by atoms with E-state index in [-0.39, 0.29) is 23.4 Å². The Hall–Kier alpha value is -3.67. The van der Waals surface area contributed by atoms with Crippen LogP contribution in [0.4, 0.5) is 28.0 Å². The van der Waals surface area contributed by atoms with Gasteiger partial charge in [-0.1, -0.05) is 12.1 Å². The number of ether oxygens (including phenoxy) is 1. The third-order valence-electron chi connectivity index (χ3n) is 4.77. The molecule has 1 heterocycles. The van der Waals surface area contributed by atoms with Crippen molar-refractivity contribution in [2.45, 2.75) is 13.0 Å². The van der Waals surface area contributed by atoms with Gasteiger partial charge in [-0.3, -0.25) is 25.3 Å². The van der Waals surface area contributed by atoms with Crippen molar-refractivity contribution in [3.63, 3.8) is 0 Å². The zero-order valence-electron chi connectivity index (χ0n) is 17.2. The van der Waals surface area contributed by atoms with Crippen molar-refractivity contribution in [2.24, 2.45) is 0 Å². The van der Waals surface area contributed by atoms with Crippen molar-refractivity contribution >= 4 is 23.5 Å². The number of nitrogens with zero attached hydrogens (tertiary/aromatic N) is 2. The van der Waals surface area contributed by atoms with Crippen LogP contribution >= 0.6 is 0 Å². The number of morpholine rings is 1. The number of alkyl halides is 2. The van der Waals surface area contributed by atoms with Crippen molar-refractivity contribution in [3.8, 4) is 0 Å². The molecule has 12 heteroatoms. The van der Waals surface area contributed by atoms with Crippen LogP contribution in [0.3, 0.4) is 0 Å². The Labute approximate surface area is 186 Å². The molecule has 1 aliphatic rings. The van der Waals surface area contributed by atoms with E-state index in [2.05, 4.69) is 0 Å². The average Bonchev–Trinajstić information content (AvgIpc) is 2.81. The first-order valence-corrected chi connectivity index (χ1v) is 9.83. The second kappa shape index (κ2) is 10.8. The van der Waals surface area contributed by atoms with Crippen LogP contribution in [-0.2, 0) is 16.1 Å². The monoisotopic (exact) mass is 468 g/mol. The van der Waals surface area contributed by atoms with E-state index in [1.165, 1.54) is 45.6 Å². The summed E-state index contributed by atoms with van der Waals surface area (Å²) in [5, 5.41) is 0. The second-order valence-electron chi connectivity index (χ2n) is 7.00. The fourth-order valence-corrected chi connectivity index (χ4v) is 3.07. The Morgan fingerprint density at radius 3 is 2.39 bits per heavy atom. The van der Waals surface area contributed by atoms with Gasteiger partial charge < -0.3 is 9.64 Å². The Kier molecular flexibility index (Phi) is 7.83. The number of urea groups is 1. The van der Waals surface area contributed by atoms with Crippen molar-refractivity contribution < 1.29 is 36.7 Å². The molecule has 0 aliphatic carbocycles. The number of nitrogens with one attached hydrogen (secondary N) is 2. The van der Waals surface area contributed by atoms with Crippen molar-refractivity contribution in [3.05, 3.63) is 65.2 Å². The van der Waals surface area contributed by atoms with Gasteiger partial charge >= 0.3 is 18.4 Å². The third kappa shape index (κ3) is 6.19. The number of amides is 4. The summed E-state index contributed by atoms with van der Waals surface area (Å²) in [4.78, 5) is 38.6. The standard InChI is InChI=1S/C21H20F4N4O4/c22-15-2-1-3-16(11-15)29(21(32)28-6-8-33-9-7-28)12-14-5-4-13(10-17(14)23)19(30)26-27-20(31)18(24)25/h1-5,10-11,18H,6-9,12H2,(H,26,30)(H,27,31). The molecule has 1 saturated heterocycles. The molecule has 1 fully saturated rings. The number of benzene rings is 2. The van der Waals surface area contributed by atoms with Crippen LogP contribution in [0.5, 0.6) is 0 Å². The lowest BCUT2D eigenvalue weighted by molar-refractivity contribution is -0.132. The van der Waals surface area contributed by atoms with Crippen molar-refractivity contribution in [1.29, 1.82) is 0 Å². The van der Waals surface area contributed by atoms with Crippen LogP contribution in [0, 0.1) is 11.6 Å². The lowest BCUT2D eigenvalue weighted by Gasteiger charge is -2.33. The molecule has 0 bridgehead atoms. The smallest absolute Gasteiger partial charge is 0.324 e. The maximum Gasteiger partial charge on any atom is 0.324 e. The van der Waals surface area contributed by atoms with Crippen LogP contribution in [-0.4, -0.2) is 55.5 Å². The molecule has 8 nitrogen and oxygen atoms in total.